The van der Waals surface area contributed by atoms with Gasteiger partial charge in [0.25, 0.3) is 0 Å². The molecule has 2 N–H and O–H groups in total. The summed E-state index contributed by atoms with van der Waals surface area (Å²) >= 11 is 0. The van der Waals surface area contributed by atoms with Gasteiger partial charge in [-0.15, -0.1) is 0 Å². The van der Waals surface area contributed by atoms with Crippen LogP contribution in [0.4, 0.5) is 4.79 Å². The van der Waals surface area contributed by atoms with Gasteiger partial charge in [-0.2, -0.15) is 0 Å². The van der Waals surface area contributed by atoms with E-state index in [0.717, 1.165) is 49.9 Å². The lowest BCUT2D eigenvalue weighted by Crippen LogP contribution is -2.73. The summed E-state index contributed by atoms with van der Waals surface area (Å²) in [4.78, 5) is 43.0. The van der Waals surface area contributed by atoms with Crippen LogP contribution >= 0.6 is 0 Å². The van der Waals surface area contributed by atoms with Gasteiger partial charge in [-0.3, -0.25) is 9.59 Å². The van der Waals surface area contributed by atoms with E-state index in [1.807, 2.05) is 49.9 Å². The third-order valence-corrected chi connectivity index (χ3v) is 8.32. The number of imide groups is 1. The lowest BCUT2D eigenvalue weighted by Gasteiger charge is -2.53. The number of β-lactam (4-membered cyclic amide) rings is 1. The topological polar surface area (TPSA) is 91.0 Å². The number of benzene rings is 1. The fourth-order valence-electron chi connectivity index (χ4n) is 5.77. The molecule has 0 spiro atoms. The van der Waals surface area contributed by atoms with Crippen LogP contribution in [0, 0.1) is 18.3 Å². The van der Waals surface area contributed by atoms with Crippen LogP contribution in [0.5, 0.6) is 0 Å². The maximum Gasteiger partial charge on any atom is 0.326 e. The quantitative estimate of drug-likeness (QED) is 0.480. The fourth-order valence-corrected chi connectivity index (χ4v) is 5.77. The predicted molar refractivity (Wildman–Crippen MR) is 138 cm³/mol. The van der Waals surface area contributed by atoms with Crippen LogP contribution in [0.3, 0.4) is 0 Å². The number of hydrogen-bond donors (Lipinski definition) is 2. The Bertz CT molecular complexity index is 941. The minimum Gasteiger partial charge on any atom is -0.347 e. The number of urea groups is 1. The Balaban J connectivity index is 1.46. The Morgan fingerprint density at radius 3 is 2.47 bits per heavy atom. The second-order valence-electron chi connectivity index (χ2n) is 10.6. The highest BCUT2D eigenvalue weighted by molar-refractivity contribution is 6.03. The van der Waals surface area contributed by atoms with E-state index in [4.69, 9.17) is 4.74 Å². The molecule has 2 aliphatic heterocycles. The summed E-state index contributed by atoms with van der Waals surface area (Å²) in [5.41, 5.74) is 1.39. The number of carbonyl (C=O) groups excluding carboxylic acids is 3. The van der Waals surface area contributed by atoms with Gasteiger partial charge in [0.1, 0.15) is 6.61 Å². The van der Waals surface area contributed by atoms with Crippen molar-refractivity contribution in [2.45, 2.75) is 84.5 Å². The van der Waals surface area contributed by atoms with E-state index in [9.17, 15) is 14.4 Å². The highest BCUT2D eigenvalue weighted by Crippen LogP contribution is 2.46. The molecule has 0 radical (unpaired) electrons. The molecule has 0 aromatic heterocycles. The van der Waals surface area contributed by atoms with E-state index in [2.05, 4.69) is 17.6 Å². The number of nitrogens with zero attached hydrogens (tertiary/aromatic N) is 2. The van der Waals surface area contributed by atoms with Crippen LogP contribution in [0.2, 0.25) is 0 Å². The van der Waals surface area contributed by atoms with Crippen LogP contribution in [-0.2, 0) is 14.3 Å². The van der Waals surface area contributed by atoms with Gasteiger partial charge in [-0.1, -0.05) is 57.0 Å². The highest BCUT2D eigenvalue weighted by Gasteiger charge is 2.62. The van der Waals surface area contributed by atoms with Crippen LogP contribution in [-0.4, -0.2) is 66.2 Å². The van der Waals surface area contributed by atoms with Gasteiger partial charge in [0, 0.05) is 25.7 Å². The van der Waals surface area contributed by atoms with Crippen molar-refractivity contribution in [3.05, 3.63) is 35.4 Å². The van der Waals surface area contributed by atoms with E-state index >= 15 is 0 Å². The minimum atomic E-state index is -0.777. The second kappa shape index (κ2) is 11.3. The van der Waals surface area contributed by atoms with Gasteiger partial charge in [0.15, 0.2) is 6.23 Å². The first-order valence-corrected chi connectivity index (χ1v) is 13.7. The first kappa shape index (κ1) is 26.6. The van der Waals surface area contributed by atoms with Crippen molar-refractivity contribution in [2.75, 3.05) is 26.2 Å². The number of aryl methyl sites for hydroxylation is 1. The zero-order chi connectivity index (χ0) is 25.9. The molecular formula is C28H42N4O4. The third-order valence-electron chi connectivity index (χ3n) is 8.32. The molecule has 2 saturated heterocycles. The zero-order valence-electron chi connectivity index (χ0n) is 22.2. The van der Waals surface area contributed by atoms with Crippen molar-refractivity contribution in [2.24, 2.45) is 11.3 Å². The Morgan fingerprint density at radius 2 is 1.86 bits per heavy atom. The van der Waals surface area contributed by atoms with Crippen molar-refractivity contribution in [3.63, 3.8) is 0 Å². The van der Waals surface area contributed by atoms with E-state index < -0.39 is 17.7 Å². The van der Waals surface area contributed by atoms with Gasteiger partial charge >= 0.3 is 6.03 Å². The number of hydrogen-bond acceptors (Lipinski definition) is 5. The van der Waals surface area contributed by atoms with Crippen LogP contribution < -0.4 is 10.6 Å². The summed E-state index contributed by atoms with van der Waals surface area (Å²) in [5, 5.41) is 6.46. The molecule has 1 aliphatic carbocycles. The first-order valence-electron chi connectivity index (χ1n) is 13.7. The number of rotatable bonds is 10. The van der Waals surface area contributed by atoms with Crippen molar-refractivity contribution < 1.29 is 19.1 Å². The van der Waals surface area contributed by atoms with Crippen LogP contribution in [0.25, 0.3) is 0 Å². The highest BCUT2D eigenvalue weighted by atomic mass is 16.5. The second-order valence-corrected chi connectivity index (χ2v) is 10.6. The molecule has 3 fully saturated rings. The van der Waals surface area contributed by atoms with E-state index in [1.165, 1.54) is 4.90 Å². The molecule has 3 atom stereocenters. The van der Waals surface area contributed by atoms with Crippen LogP contribution in [0.1, 0.15) is 76.5 Å². The summed E-state index contributed by atoms with van der Waals surface area (Å²) in [6.45, 7) is 10.1. The maximum atomic E-state index is 13.4. The number of carbonyl (C=O) groups is 3. The molecule has 4 rings (SSSR count). The van der Waals surface area contributed by atoms with E-state index in [0.29, 0.717) is 25.3 Å². The van der Waals surface area contributed by atoms with Crippen molar-refractivity contribution in [1.29, 1.82) is 0 Å². The Labute approximate surface area is 215 Å². The predicted octanol–water partition coefficient (Wildman–Crippen LogP) is 3.75. The molecule has 36 heavy (non-hydrogen) atoms. The zero-order valence-corrected chi connectivity index (χ0v) is 22.2. The number of amides is 4. The number of nitrogens with one attached hydrogen (secondary N) is 2. The summed E-state index contributed by atoms with van der Waals surface area (Å²) in [5.74, 6) is 0.286. The number of piperazine rings is 1. The molecule has 198 valence electrons. The molecule has 3 unspecified atom stereocenters. The summed E-state index contributed by atoms with van der Waals surface area (Å²) in [6, 6.07) is 7.66. The van der Waals surface area contributed by atoms with Crippen LogP contribution in [0.15, 0.2) is 24.3 Å². The van der Waals surface area contributed by atoms with Gasteiger partial charge in [0.05, 0.1) is 11.5 Å². The molecule has 2 heterocycles. The number of likely N-dealkylation sites (tertiary alicyclic amines) is 1. The number of ether oxygens (including phenoxy) is 1. The normalized spacial score (nSPS) is 24.3. The average Bonchev–Trinajstić information content (AvgIpc) is 3.73. The lowest BCUT2D eigenvalue weighted by molar-refractivity contribution is -0.212. The van der Waals surface area contributed by atoms with Gasteiger partial charge in [-0.05, 0) is 50.5 Å². The lowest BCUT2D eigenvalue weighted by atomic mass is 9.72. The smallest absolute Gasteiger partial charge is 0.326 e. The first-order chi connectivity index (χ1) is 17.4. The van der Waals surface area contributed by atoms with Crippen molar-refractivity contribution in [1.82, 2.24) is 20.4 Å². The molecule has 1 saturated carbocycles. The largest absolute Gasteiger partial charge is 0.347 e. The molecule has 1 aromatic rings. The molecule has 4 amide bonds. The SMILES string of the molecule is CCCC(NC(=O)N1C(=O)C(CC)(CC)C1OCC(=O)N1CCNCC1C1CC1)c1ccc(C)cc1. The Hall–Kier alpha value is -2.45. The molecular weight excluding hydrogens is 456 g/mol. The fraction of sp³-hybridized carbons (Fsp3) is 0.679. The molecule has 8 nitrogen and oxygen atoms in total. The molecule has 0 bridgehead atoms. The Kier molecular flexibility index (Phi) is 8.35. The third kappa shape index (κ3) is 5.16. The Morgan fingerprint density at radius 1 is 1.17 bits per heavy atom. The monoisotopic (exact) mass is 498 g/mol. The molecule has 3 aliphatic rings. The van der Waals surface area contributed by atoms with Crippen molar-refractivity contribution >= 4 is 17.8 Å². The van der Waals surface area contributed by atoms with Gasteiger partial charge in [0.2, 0.25) is 11.8 Å². The molecule has 8 heteroatoms. The summed E-state index contributed by atoms with van der Waals surface area (Å²) < 4.78 is 6.14. The van der Waals surface area contributed by atoms with E-state index in [1.54, 1.807) is 0 Å². The molecule has 1 aromatic carbocycles. The van der Waals surface area contributed by atoms with Gasteiger partial charge in [-0.25, -0.2) is 9.69 Å². The maximum absolute atomic E-state index is 13.4. The van der Waals surface area contributed by atoms with E-state index in [-0.39, 0.29) is 30.5 Å². The standard InChI is InChI=1S/C28H42N4O4/c1-5-8-22(20-11-9-19(4)10-12-20)30-27(35)32-25(34)28(6-2,7-3)26(32)36-18-24(33)31-16-15-29-17-23(31)21-13-14-21/h9-12,21-23,26,29H,5-8,13-18H2,1-4H3,(H,30,35). The average molecular weight is 499 g/mol. The van der Waals surface area contributed by atoms with Crippen molar-refractivity contribution in [3.8, 4) is 0 Å². The minimum absolute atomic E-state index is 0.0577. The van der Waals surface area contributed by atoms with Gasteiger partial charge < -0.3 is 20.3 Å². The summed E-state index contributed by atoms with van der Waals surface area (Å²) in [6.07, 6.45) is 4.35. The summed E-state index contributed by atoms with van der Waals surface area (Å²) in [7, 11) is 0.